The van der Waals surface area contributed by atoms with Crippen LogP contribution >= 0.6 is 0 Å². The number of piperidine rings is 1. The first-order valence-electron chi connectivity index (χ1n) is 5.69. The molecule has 1 saturated heterocycles. The first-order valence-corrected chi connectivity index (χ1v) is 7.30. The van der Waals surface area contributed by atoms with E-state index in [9.17, 15) is 13.2 Å². The molecule has 2 rings (SSSR count). The Hall–Kier alpha value is -0.620. The lowest BCUT2D eigenvalue weighted by molar-refractivity contribution is -0.142. The minimum atomic E-state index is -3.22. The molecule has 1 aliphatic carbocycles. The summed E-state index contributed by atoms with van der Waals surface area (Å²) < 4.78 is 25.2. The van der Waals surface area contributed by atoms with Crippen LogP contribution in [0.15, 0.2) is 0 Å². The van der Waals surface area contributed by atoms with Gasteiger partial charge in [0.1, 0.15) is 0 Å². The van der Waals surface area contributed by atoms with Crippen molar-refractivity contribution in [3.05, 3.63) is 0 Å². The quantitative estimate of drug-likeness (QED) is 0.786. The zero-order valence-electron chi connectivity index (χ0n) is 9.13. The Morgan fingerprint density at radius 3 is 2.56 bits per heavy atom. The van der Waals surface area contributed by atoms with Gasteiger partial charge in [-0.2, -0.15) is 0 Å². The van der Waals surface area contributed by atoms with E-state index in [4.69, 9.17) is 5.11 Å². The van der Waals surface area contributed by atoms with Crippen LogP contribution in [0.5, 0.6) is 0 Å². The van der Waals surface area contributed by atoms with E-state index in [1.165, 1.54) is 4.31 Å². The van der Waals surface area contributed by atoms with Crippen LogP contribution in [-0.4, -0.2) is 42.6 Å². The lowest BCUT2D eigenvalue weighted by Crippen LogP contribution is -2.43. The van der Waals surface area contributed by atoms with Crippen molar-refractivity contribution in [2.24, 2.45) is 11.8 Å². The van der Waals surface area contributed by atoms with Gasteiger partial charge in [-0.05, 0) is 31.6 Å². The van der Waals surface area contributed by atoms with Gasteiger partial charge in [0.15, 0.2) is 0 Å². The van der Waals surface area contributed by atoms with Crippen molar-refractivity contribution < 1.29 is 18.3 Å². The predicted molar refractivity (Wildman–Crippen MR) is 58.4 cm³/mol. The molecule has 1 saturated carbocycles. The monoisotopic (exact) mass is 247 g/mol. The maximum atomic E-state index is 11.9. The topological polar surface area (TPSA) is 74.7 Å². The maximum Gasteiger partial charge on any atom is 0.307 e. The Balaban J connectivity index is 1.99. The van der Waals surface area contributed by atoms with Crippen LogP contribution in [0.4, 0.5) is 0 Å². The van der Waals surface area contributed by atoms with Gasteiger partial charge >= 0.3 is 5.97 Å². The summed E-state index contributed by atoms with van der Waals surface area (Å²) in [4.78, 5) is 10.8. The zero-order chi connectivity index (χ0) is 11.8. The normalized spacial score (nSPS) is 27.9. The molecule has 0 spiro atoms. The van der Waals surface area contributed by atoms with E-state index < -0.39 is 21.9 Å². The highest BCUT2D eigenvalue weighted by Gasteiger charge is 2.36. The Morgan fingerprint density at radius 1 is 1.31 bits per heavy atom. The Morgan fingerprint density at radius 2 is 2.00 bits per heavy atom. The average molecular weight is 247 g/mol. The summed E-state index contributed by atoms with van der Waals surface area (Å²) in [7, 11) is -3.22. The van der Waals surface area contributed by atoms with E-state index in [1.807, 2.05) is 0 Å². The summed E-state index contributed by atoms with van der Waals surface area (Å²) in [6, 6.07) is 0. The van der Waals surface area contributed by atoms with Gasteiger partial charge in [-0.1, -0.05) is 0 Å². The molecule has 0 unspecified atom stereocenters. The Labute approximate surface area is 95.5 Å². The molecule has 0 aromatic heterocycles. The minimum Gasteiger partial charge on any atom is -0.481 e. The molecule has 2 aliphatic rings. The van der Waals surface area contributed by atoms with Crippen LogP contribution in [-0.2, 0) is 14.8 Å². The summed E-state index contributed by atoms with van der Waals surface area (Å²) >= 11 is 0. The Bertz CT molecular complexity index is 374. The molecule has 16 heavy (non-hydrogen) atoms. The van der Waals surface area contributed by atoms with Gasteiger partial charge in [0, 0.05) is 13.1 Å². The third kappa shape index (κ3) is 2.74. The molecule has 0 aromatic carbocycles. The second kappa shape index (κ2) is 4.33. The molecular formula is C10H17NO4S. The number of aliphatic carboxylic acids is 1. The SMILES string of the molecule is O=C(O)[C@H]1CCCN(S(=O)(=O)CC2CC2)C1. The average Bonchev–Trinajstić information content (AvgIpc) is 3.01. The highest BCUT2D eigenvalue weighted by atomic mass is 32.2. The molecular weight excluding hydrogens is 230 g/mol. The van der Waals surface area contributed by atoms with Crippen LogP contribution in [0.1, 0.15) is 25.7 Å². The molecule has 92 valence electrons. The van der Waals surface area contributed by atoms with Crippen molar-refractivity contribution in [1.82, 2.24) is 4.31 Å². The lowest BCUT2D eigenvalue weighted by Gasteiger charge is -2.29. The van der Waals surface area contributed by atoms with Gasteiger partial charge in [0.25, 0.3) is 0 Å². The van der Waals surface area contributed by atoms with Gasteiger partial charge in [-0.15, -0.1) is 0 Å². The first kappa shape index (κ1) is 11.9. The number of nitrogens with zero attached hydrogens (tertiary/aromatic N) is 1. The van der Waals surface area contributed by atoms with Crippen molar-refractivity contribution in [1.29, 1.82) is 0 Å². The van der Waals surface area contributed by atoms with E-state index in [2.05, 4.69) is 0 Å². The van der Waals surface area contributed by atoms with Gasteiger partial charge in [0.2, 0.25) is 10.0 Å². The van der Waals surface area contributed by atoms with Crippen molar-refractivity contribution in [3.8, 4) is 0 Å². The molecule has 0 aromatic rings. The second-order valence-corrected chi connectivity index (χ2v) is 6.77. The Kier molecular flexibility index (Phi) is 3.21. The summed E-state index contributed by atoms with van der Waals surface area (Å²) in [5.41, 5.74) is 0. The highest BCUT2D eigenvalue weighted by Crippen LogP contribution is 2.32. The largest absolute Gasteiger partial charge is 0.481 e. The summed E-state index contributed by atoms with van der Waals surface area (Å²) in [5.74, 6) is -0.886. The third-order valence-corrected chi connectivity index (χ3v) is 5.28. The van der Waals surface area contributed by atoms with E-state index in [0.29, 0.717) is 25.3 Å². The third-order valence-electron chi connectivity index (χ3n) is 3.27. The lowest BCUT2D eigenvalue weighted by atomic mass is 10.0. The molecule has 0 radical (unpaired) electrons. The number of sulfonamides is 1. The number of hydrogen-bond acceptors (Lipinski definition) is 3. The van der Waals surface area contributed by atoms with Crippen LogP contribution < -0.4 is 0 Å². The fraction of sp³-hybridized carbons (Fsp3) is 0.900. The van der Waals surface area contributed by atoms with Gasteiger partial charge in [-0.3, -0.25) is 4.79 Å². The molecule has 0 bridgehead atoms. The van der Waals surface area contributed by atoms with Crippen molar-refractivity contribution in [2.75, 3.05) is 18.8 Å². The minimum absolute atomic E-state index is 0.157. The number of carboxylic acids is 1. The summed E-state index contributed by atoms with van der Waals surface area (Å²) in [6.45, 7) is 0.642. The number of hydrogen-bond donors (Lipinski definition) is 1. The van der Waals surface area contributed by atoms with E-state index >= 15 is 0 Å². The first-order chi connectivity index (χ1) is 7.49. The van der Waals surface area contributed by atoms with Crippen LogP contribution in [0.3, 0.4) is 0 Å². The number of carbonyl (C=O) groups is 1. The molecule has 1 atom stereocenters. The second-order valence-electron chi connectivity index (χ2n) is 4.76. The standard InChI is InChI=1S/C10H17NO4S/c12-10(13)9-2-1-5-11(6-9)16(14,15)7-8-3-4-8/h8-9H,1-7H2,(H,12,13)/t9-/m0/s1. The molecule has 5 nitrogen and oxygen atoms in total. The fourth-order valence-corrected chi connectivity index (χ4v) is 4.04. The molecule has 6 heteroatoms. The zero-order valence-corrected chi connectivity index (χ0v) is 9.95. The highest BCUT2D eigenvalue weighted by molar-refractivity contribution is 7.89. The fourth-order valence-electron chi connectivity index (χ4n) is 2.08. The van der Waals surface area contributed by atoms with Crippen LogP contribution in [0, 0.1) is 11.8 Å². The molecule has 1 aliphatic heterocycles. The number of carboxylic acid groups (broad SMARTS) is 1. The summed E-state index contributed by atoms with van der Waals surface area (Å²) in [5, 5.41) is 8.89. The number of rotatable bonds is 4. The maximum absolute atomic E-state index is 11.9. The van der Waals surface area contributed by atoms with Crippen molar-refractivity contribution in [3.63, 3.8) is 0 Å². The van der Waals surface area contributed by atoms with Gasteiger partial charge in [-0.25, -0.2) is 12.7 Å². The van der Waals surface area contributed by atoms with E-state index in [-0.39, 0.29) is 12.3 Å². The molecule has 2 fully saturated rings. The summed E-state index contributed by atoms with van der Waals surface area (Å²) in [6.07, 6.45) is 3.23. The van der Waals surface area contributed by atoms with E-state index in [1.54, 1.807) is 0 Å². The van der Waals surface area contributed by atoms with Crippen LogP contribution in [0.25, 0.3) is 0 Å². The molecule has 1 N–H and O–H groups in total. The molecule has 0 amide bonds. The van der Waals surface area contributed by atoms with E-state index in [0.717, 1.165) is 12.8 Å². The van der Waals surface area contributed by atoms with Gasteiger partial charge in [0.05, 0.1) is 11.7 Å². The molecule has 1 heterocycles. The predicted octanol–water partition coefficient (Wildman–Crippen LogP) is 0.523. The van der Waals surface area contributed by atoms with Crippen molar-refractivity contribution >= 4 is 16.0 Å². The van der Waals surface area contributed by atoms with Crippen LogP contribution in [0.2, 0.25) is 0 Å². The smallest absolute Gasteiger partial charge is 0.307 e. The van der Waals surface area contributed by atoms with Crippen molar-refractivity contribution in [2.45, 2.75) is 25.7 Å². The van der Waals surface area contributed by atoms with Gasteiger partial charge < -0.3 is 5.11 Å².